The number of aliphatic carboxylic acids is 1. The van der Waals surface area contributed by atoms with Crippen molar-refractivity contribution in [2.45, 2.75) is 20.3 Å². The molecule has 0 aromatic heterocycles. The highest BCUT2D eigenvalue weighted by atomic mass is 16.5. The number of carbonyl (C=O) groups is 2. The average molecular weight is 371 g/mol. The standard InChI is InChI=1S/C21H25NO5/c1-3-26-18-11-10-16(13-19(18)27-4-2)20(23)22-14-17(21(24)25)12-15-8-6-5-7-9-15/h5-11,13,17H,3-4,12,14H2,1-2H3,(H,22,23)(H,24,25). The number of carboxylic acids is 1. The Kier molecular flexibility index (Phi) is 7.67. The van der Waals surface area contributed by atoms with Crippen LogP contribution in [-0.4, -0.2) is 36.7 Å². The van der Waals surface area contributed by atoms with Gasteiger partial charge in [0, 0.05) is 12.1 Å². The van der Waals surface area contributed by atoms with Crippen LogP contribution in [0.5, 0.6) is 11.5 Å². The van der Waals surface area contributed by atoms with E-state index in [0.29, 0.717) is 36.7 Å². The van der Waals surface area contributed by atoms with Gasteiger partial charge >= 0.3 is 5.97 Å². The number of carbonyl (C=O) groups excluding carboxylic acids is 1. The molecule has 0 bridgehead atoms. The van der Waals surface area contributed by atoms with E-state index in [1.165, 1.54) is 0 Å². The van der Waals surface area contributed by atoms with Gasteiger partial charge in [0.1, 0.15) is 0 Å². The minimum absolute atomic E-state index is 0.0419. The molecule has 0 aliphatic rings. The van der Waals surface area contributed by atoms with Crippen molar-refractivity contribution in [3.8, 4) is 11.5 Å². The SMILES string of the molecule is CCOc1ccc(C(=O)NCC(Cc2ccccc2)C(=O)O)cc1OCC. The van der Waals surface area contributed by atoms with Crippen LogP contribution in [0.15, 0.2) is 48.5 Å². The van der Waals surface area contributed by atoms with E-state index in [1.807, 2.05) is 44.2 Å². The highest BCUT2D eigenvalue weighted by molar-refractivity contribution is 5.95. The molecule has 0 radical (unpaired) electrons. The molecule has 1 amide bonds. The van der Waals surface area contributed by atoms with Gasteiger partial charge in [0.15, 0.2) is 11.5 Å². The predicted octanol–water partition coefficient (Wildman–Crippen LogP) is 3.16. The Morgan fingerprint density at radius 1 is 1.00 bits per heavy atom. The number of amides is 1. The van der Waals surface area contributed by atoms with Gasteiger partial charge in [-0.25, -0.2) is 0 Å². The molecule has 1 atom stereocenters. The molecule has 0 saturated heterocycles. The Morgan fingerprint density at radius 3 is 2.30 bits per heavy atom. The topological polar surface area (TPSA) is 84.9 Å². The van der Waals surface area contributed by atoms with Gasteiger partial charge in [-0.15, -0.1) is 0 Å². The molecule has 27 heavy (non-hydrogen) atoms. The van der Waals surface area contributed by atoms with E-state index in [1.54, 1.807) is 18.2 Å². The number of nitrogens with one attached hydrogen (secondary N) is 1. The van der Waals surface area contributed by atoms with Gasteiger partial charge in [-0.3, -0.25) is 9.59 Å². The van der Waals surface area contributed by atoms with E-state index in [-0.39, 0.29) is 12.5 Å². The molecule has 2 rings (SSSR count). The molecule has 0 aliphatic heterocycles. The van der Waals surface area contributed by atoms with Crippen molar-refractivity contribution in [2.24, 2.45) is 5.92 Å². The van der Waals surface area contributed by atoms with Crippen molar-refractivity contribution in [1.29, 1.82) is 0 Å². The second-order valence-electron chi connectivity index (χ2n) is 5.96. The summed E-state index contributed by atoms with van der Waals surface area (Å²) in [5.74, 6) is -0.931. The van der Waals surface area contributed by atoms with Gasteiger partial charge in [0.05, 0.1) is 19.1 Å². The lowest BCUT2D eigenvalue weighted by Gasteiger charge is -2.15. The lowest BCUT2D eigenvalue weighted by atomic mass is 9.99. The fourth-order valence-electron chi connectivity index (χ4n) is 2.66. The van der Waals surface area contributed by atoms with Crippen LogP contribution in [0, 0.1) is 5.92 Å². The molecule has 2 aromatic rings. The Balaban J connectivity index is 2.04. The number of benzene rings is 2. The molecule has 0 spiro atoms. The van der Waals surface area contributed by atoms with Crippen molar-refractivity contribution >= 4 is 11.9 Å². The molecule has 0 aliphatic carbocycles. The van der Waals surface area contributed by atoms with E-state index < -0.39 is 11.9 Å². The lowest BCUT2D eigenvalue weighted by molar-refractivity contribution is -0.141. The van der Waals surface area contributed by atoms with Crippen LogP contribution in [0.25, 0.3) is 0 Å². The average Bonchev–Trinajstić information content (AvgIpc) is 2.67. The Morgan fingerprint density at radius 2 is 1.67 bits per heavy atom. The van der Waals surface area contributed by atoms with Gasteiger partial charge in [-0.05, 0) is 44.0 Å². The molecule has 144 valence electrons. The third-order valence-corrected chi connectivity index (χ3v) is 3.99. The second kappa shape index (κ2) is 10.2. The summed E-state index contributed by atoms with van der Waals surface area (Å²) < 4.78 is 11.0. The molecule has 0 saturated carbocycles. The van der Waals surface area contributed by atoms with E-state index in [9.17, 15) is 14.7 Å². The molecule has 0 fully saturated rings. The van der Waals surface area contributed by atoms with Crippen LogP contribution in [-0.2, 0) is 11.2 Å². The first kappa shape index (κ1) is 20.3. The molecule has 2 aromatic carbocycles. The summed E-state index contributed by atoms with van der Waals surface area (Å²) in [6, 6.07) is 14.3. The zero-order chi connectivity index (χ0) is 19.6. The maximum atomic E-state index is 12.4. The Labute approximate surface area is 159 Å². The van der Waals surface area contributed by atoms with Crippen LogP contribution < -0.4 is 14.8 Å². The summed E-state index contributed by atoms with van der Waals surface area (Å²) in [4.78, 5) is 24.0. The minimum Gasteiger partial charge on any atom is -0.490 e. The minimum atomic E-state index is -0.944. The summed E-state index contributed by atoms with van der Waals surface area (Å²) in [5.41, 5.74) is 1.31. The molecule has 1 unspecified atom stereocenters. The third kappa shape index (κ3) is 6.02. The number of carboxylic acid groups (broad SMARTS) is 1. The van der Waals surface area contributed by atoms with Crippen LogP contribution in [0.1, 0.15) is 29.8 Å². The first-order chi connectivity index (χ1) is 13.0. The third-order valence-electron chi connectivity index (χ3n) is 3.99. The largest absolute Gasteiger partial charge is 0.490 e. The van der Waals surface area contributed by atoms with E-state index >= 15 is 0 Å². The highest BCUT2D eigenvalue weighted by Crippen LogP contribution is 2.28. The quantitative estimate of drug-likeness (QED) is 0.670. The zero-order valence-electron chi connectivity index (χ0n) is 15.6. The monoisotopic (exact) mass is 371 g/mol. The van der Waals surface area contributed by atoms with Gasteiger partial charge in [-0.1, -0.05) is 30.3 Å². The van der Waals surface area contributed by atoms with Gasteiger partial charge in [0.25, 0.3) is 5.91 Å². The first-order valence-electron chi connectivity index (χ1n) is 8.99. The number of hydrogen-bond donors (Lipinski definition) is 2. The number of hydrogen-bond acceptors (Lipinski definition) is 4. The van der Waals surface area contributed by atoms with E-state index in [0.717, 1.165) is 5.56 Å². The van der Waals surface area contributed by atoms with Gasteiger partial charge < -0.3 is 19.9 Å². The second-order valence-corrected chi connectivity index (χ2v) is 5.96. The van der Waals surface area contributed by atoms with Crippen molar-refractivity contribution in [3.63, 3.8) is 0 Å². The molecule has 2 N–H and O–H groups in total. The van der Waals surface area contributed by atoms with Crippen LogP contribution in [0.2, 0.25) is 0 Å². The van der Waals surface area contributed by atoms with Crippen molar-refractivity contribution in [3.05, 3.63) is 59.7 Å². The summed E-state index contributed by atoms with van der Waals surface area (Å²) in [6.45, 7) is 4.70. The maximum Gasteiger partial charge on any atom is 0.308 e. The zero-order valence-corrected chi connectivity index (χ0v) is 15.6. The fraction of sp³-hybridized carbons (Fsp3) is 0.333. The summed E-state index contributed by atoms with van der Waals surface area (Å²) >= 11 is 0. The van der Waals surface area contributed by atoms with Crippen molar-refractivity contribution < 1.29 is 24.2 Å². The molecular formula is C21H25NO5. The molecule has 6 heteroatoms. The normalized spacial score (nSPS) is 11.5. The molecular weight excluding hydrogens is 346 g/mol. The van der Waals surface area contributed by atoms with Crippen LogP contribution in [0.4, 0.5) is 0 Å². The first-order valence-corrected chi connectivity index (χ1v) is 8.99. The molecule has 0 heterocycles. The summed E-state index contributed by atoms with van der Waals surface area (Å²) in [7, 11) is 0. The fourth-order valence-corrected chi connectivity index (χ4v) is 2.66. The maximum absolute atomic E-state index is 12.4. The Hall–Kier alpha value is -3.02. The van der Waals surface area contributed by atoms with Crippen molar-refractivity contribution in [2.75, 3.05) is 19.8 Å². The summed E-state index contributed by atoms with van der Waals surface area (Å²) in [6.07, 6.45) is 0.351. The van der Waals surface area contributed by atoms with E-state index in [2.05, 4.69) is 5.32 Å². The van der Waals surface area contributed by atoms with Gasteiger partial charge in [-0.2, -0.15) is 0 Å². The highest BCUT2D eigenvalue weighted by Gasteiger charge is 2.20. The predicted molar refractivity (Wildman–Crippen MR) is 102 cm³/mol. The summed E-state index contributed by atoms with van der Waals surface area (Å²) in [5, 5.41) is 12.1. The van der Waals surface area contributed by atoms with Crippen LogP contribution in [0.3, 0.4) is 0 Å². The lowest BCUT2D eigenvalue weighted by Crippen LogP contribution is -2.34. The van der Waals surface area contributed by atoms with Gasteiger partial charge in [0.2, 0.25) is 0 Å². The van der Waals surface area contributed by atoms with Crippen molar-refractivity contribution in [1.82, 2.24) is 5.32 Å². The van der Waals surface area contributed by atoms with Crippen LogP contribution >= 0.6 is 0 Å². The smallest absolute Gasteiger partial charge is 0.308 e. The van der Waals surface area contributed by atoms with E-state index in [4.69, 9.17) is 9.47 Å². The number of ether oxygens (including phenoxy) is 2. The molecule has 6 nitrogen and oxygen atoms in total. The Bertz CT molecular complexity index is 760. The number of rotatable bonds is 10.